The summed E-state index contributed by atoms with van der Waals surface area (Å²) in [6.07, 6.45) is 3.45. The Morgan fingerprint density at radius 1 is 1.19 bits per heavy atom. The average molecular weight is 286 g/mol. The highest BCUT2D eigenvalue weighted by atomic mass is 16.5. The Morgan fingerprint density at radius 3 is 2.38 bits per heavy atom. The van der Waals surface area contributed by atoms with Crippen molar-refractivity contribution in [3.63, 3.8) is 0 Å². The van der Waals surface area contributed by atoms with Crippen molar-refractivity contribution in [2.45, 2.75) is 6.54 Å². The zero-order valence-electron chi connectivity index (χ0n) is 12.4. The molecule has 0 spiro atoms. The number of nitrogens with zero attached hydrogens (tertiary/aromatic N) is 2. The van der Waals surface area contributed by atoms with E-state index in [1.807, 2.05) is 12.1 Å². The number of hydrogen-bond acceptors (Lipinski definition) is 4. The topological polar surface area (TPSA) is 51.7 Å². The number of amides is 1. The second kappa shape index (κ2) is 6.74. The van der Waals surface area contributed by atoms with Gasteiger partial charge in [0.05, 0.1) is 14.2 Å². The molecule has 0 saturated carbocycles. The van der Waals surface area contributed by atoms with Crippen LogP contribution in [0.1, 0.15) is 15.9 Å². The molecule has 5 heteroatoms. The van der Waals surface area contributed by atoms with E-state index in [0.29, 0.717) is 23.6 Å². The van der Waals surface area contributed by atoms with Gasteiger partial charge in [0, 0.05) is 37.6 Å². The first-order valence-corrected chi connectivity index (χ1v) is 6.51. The number of benzene rings is 1. The van der Waals surface area contributed by atoms with E-state index in [1.54, 1.807) is 56.8 Å². The van der Waals surface area contributed by atoms with E-state index in [4.69, 9.17) is 9.47 Å². The summed E-state index contributed by atoms with van der Waals surface area (Å²) in [4.78, 5) is 18.2. The van der Waals surface area contributed by atoms with Gasteiger partial charge in [-0.05, 0) is 23.8 Å². The molecule has 110 valence electrons. The molecular weight excluding hydrogens is 268 g/mol. The van der Waals surface area contributed by atoms with Crippen molar-refractivity contribution >= 4 is 5.91 Å². The molecule has 0 fully saturated rings. The number of rotatable bonds is 5. The van der Waals surface area contributed by atoms with E-state index >= 15 is 0 Å². The smallest absolute Gasteiger partial charge is 0.254 e. The van der Waals surface area contributed by atoms with Crippen molar-refractivity contribution in [3.8, 4) is 11.5 Å². The first-order valence-electron chi connectivity index (χ1n) is 6.51. The number of carbonyl (C=O) groups excluding carboxylic acids is 1. The van der Waals surface area contributed by atoms with Crippen molar-refractivity contribution in [1.82, 2.24) is 9.88 Å². The molecule has 0 atom stereocenters. The van der Waals surface area contributed by atoms with Crippen LogP contribution in [0.25, 0.3) is 0 Å². The second-order valence-corrected chi connectivity index (χ2v) is 4.62. The summed E-state index contributed by atoms with van der Waals surface area (Å²) in [5, 5.41) is 0. The van der Waals surface area contributed by atoms with Crippen molar-refractivity contribution in [1.29, 1.82) is 0 Å². The lowest BCUT2D eigenvalue weighted by Gasteiger charge is -2.18. The van der Waals surface area contributed by atoms with Gasteiger partial charge in [0.25, 0.3) is 5.91 Å². The SMILES string of the molecule is COc1cc(OC)cc(C(=O)N(C)Cc2cccnc2)c1. The maximum absolute atomic E-state index is 12.5. The van der Waals surface area contributed by atoms with Crippen LogP contribution in [0.5, 0.6) is 11.5 Å². The number of methoxy groups -OCH3 is 2. The Labute approximate surface area is 124 Å². The first kappa shape index (κ1) is 14.8. The Kier molecular flexibility index (Phi) is 4.77. The maximum atomic E-state index is 12.5. The predicted molar refractivity (Wildman–Crippen MR) is 79.6 cm³/mol. The third kappa shape index (κ3) is 3.72. The monoisotopic (exact) mass is 286 g/mol. The van der Waals surface area contributed by atoms with Gasteiger partial charge in [0.1, 0.15) is 11.5 Å². The van der Waals surface area contributed by atoms with Crippen LogP contribution in [0, 0.1) is 0 Å². The average Bonchev–Trinajstić information content (AvgIpc) is 2.54. The van der Waals surface area contributed by atoms with Gasteiger partial charge in [-0.25, -0.2) is 0 Å². The van der Waals surface area contributed by atoms with E-state index in [-0.39, 0.29) is 5.91 Å². The summed E-state index contributed by atoms with van der Waals surface area (Å²) in [7, 11) is 4.87. The molecule has 0 unspecified atom stereocenters. The molecule has 0 saturated heterocycles. The Hall–Kier alpha value is -2.56. The van der Waals surface area contributed by atoms with Crippen LogP contribution >= 0.6 is 0 Å². The fraction of sp³-hybridized carbons (Fsp3) is 0.250. The van der Waals surface area contributed by atoms with E-state index in [9.17, 15) is 4.79 Å². The lowest BCUT2D eigenvalue weighted by molar-refractivity contribution is 0.0784. The van der Waals surface area contributed by atoms with Crippen LogP contribution in [0.4, 0.5) is 0 Å². The van der Waals surface area contributed by atoms with Gasteiger partial charge in [-0.3, -0.25) is 9.78 Å². The Morgan fingerprint density at radius 2 is 1.86 bits per heavy atom. The molecule has 0 N–H and O–H groups in total. The largest absolute Gasteiger partial charge is 0.497 e. The number of ether oxygens (including phenoxy) is 2. The van der Waals surface area contributed by atoms with Crippen molar-refractivity contribution < 1.29 is 14.3 Å². The molecule has 1 aromatic heterocycles. The van der Waals surface area contributed by atoms with Crippen molar-refractivity contribution in [2.24, 2.45) is 0 Å². The van der Waals surface area contributed by atoms with E-state index < -0.39 is 0 Å². The molecular formula is C16H18N2O3. The minimum Gasteiger partial charge on any atom is -0.497 e. The Bertz CT molecular complexity index is 592. The van der Waals surface area contributed by atoms with Gasteiger partial charge in [-0.1, -0.05) is 6.07 Å². The Balaban J connectivity index is 2.19. The molecule has 1 heterocycles. The van der Waals surface area contributed by atoms with E-state index in [1.165, 1.54) is 0 Å². The highest BCUT2D eigenvalue weighted by Gasteiger charge is 2.14. The number of pyridine rings is 1. The van der Waals surface area contributed by atoms with Gasteiger partial charge < -0.3 is 14.4 Å². The molecule has 0 radical (unpaired) electrons. The van der Waals surface area contributed by atoms with Gasteiger partial charge in [0.15, 0.2) is 0 Å². The standard InChI is InChI=1S/C16H18N2O3/c1-18(11-12-5-4-6-17-10-12)16(19)13-7-14(20-2)9-15(8-13)21-3/h4-10H,11H2,1-3H3. The fourth-order valence-corrected chi connectivity index (χ4v) is 1.99. The summed E-state index contributed by atoms with van der Waals surface area (Å²) in [6, 6.07) is 8.91. The van der Waals surface area contributed by atoms with Crippen molar-refractivity contribution in [3.05, 3.63) is 53.9 Å². The number of carbonyl (C=O) groups is 1. The molecule has 0 aliphatic carbocycles. The second-order valence-electron chi connectivity index (χ2n) is 4.62. The third-order valence-electron chi connectivity index (χ3n) is 3.09. The van der Waals surface area contributed by atoms with Gasteiger partial charge in [-0.15, -0.1) is 0 Å². The zero-order chi connectivity index (χ0) is 15.2. The van der Waals surface area contributed by atoms with Crippen molar-refractivity contribution in [2.75, 3.05) is 21.3 Å². The molecule has 0 aliphatic rings. The fourth-order valence-electron chi connectivity index (χ4n) is 1.99. The summed E-state index contributed by atoms with van der Waals surface area (Å²) >= 11 is 0. The van der Waals surface area contributed by atoms with Gasteiger partial charge in [0.2, 0.25) is 0 Å². The summed E-state index contributed by atoms with van der Waals surface area (Å²) in [5.74, 6) is 1.08. The summed E-state index contributed by atoms with van der Waals surface area (Å²) < 4.78 is 10.4. The molecule has 2 aromatic rings. The van der Waals surface area contributed by atoms with E-state index in [2.05, 4.69) is 4.98 Å². The lowest BCUT2D eigenvalue weighted by atomic mass is 10.1. The van der Waals surface area contributed by atoms with E-state index in [0.717, 1.165) is 5.56 Å². The van der Waals surface area contributed by atoms with Crippen LogP contribution < -0.4 is 9.47 Å². The van der Waals surface area contributed by atoms with Crippen LogP contribution in [-0.4, -0.2) is 37.1 Å². The van der Waals surface area contributed by atoms with Gasteiger partial charge in [-0.2, -0.15) is 0 Å². The highest BCUT2D eigenvalue weighted by Crippen LogP contribution is 2.23. The highest BCUT2D eigenvalue weighted by molar-refractivity contribution is 5.94. The minimum atomic E-state index is -0.101. The molecule has 1 amide bonds. The molecule has 2 rings (SSSR count). The van der Waals surface area contributed by atoms with Crippen LogP contribution in [0.3, 0.4) is 0 Å². The molecule has 0 bridgehead atoms. The molecule has 21 heavy (non-hydrogen) atoms. The lowest BCUT2D eigenvalue weighted by Crippen LogP contribution is -2.26. The maximum Gasteiger partial charge on any atom is 0.254 e. The molecule has 0 aliphatic heterocycles. The first-order chi connectivity index (χ1) is 10.1. The third-order valence-corrected chi connectivity index (χ3v) is 3.09. The van der Waals surface area contributed by atoms with Crippen LogP contribution in [0.2, 0.25) is 0 Å². The normalized spacial score (nSPS) is 10.0. The van der Waals surface area contributed by atoms with Crippen LogP contribution in [-0.2, 0) is 6.54 Å². The summed E-state index contributed by atoms with van der Waals surface area (Å²) in [6.45, 7) is 0.492. The molecule has 1 aromatic carbocycles. The zero-order valence-corrected chi connectivity index (χ0v) is 12.4. The number of hydrogen-bond donors (Lipinski definition) is 0. The summed E-state index contributed by atoms with van der Waals surface area (Å²) in [5.41, 5.74) is 1.50. The quantitative estimate of drug-likeness (QED) is 0.846. The molecule has 5 nitrogen and oxygen atoms in total. The number of aromatic nitrogens is 1. The van der Waals surface area contributed by atoms with Crippen LogP contribution in [0.15, 0.2) is 42.7 Å². The van der Waals surface area contributed by atoms with Gasteiger partial charge >= 0.3 is 0 Å². The minimum absolute atomic E-state index is 0.101. The predicted octanol–water partition coefficient (Wildman–Crippen LogP) is 2.37.